The van der Waals surface area contributed by atoms with Crippen molar-refractivity contribution in [2.45, 2.75) is 38.6 Å². The molecular formula is C23H28N2O2. The molecule has 1 heterocycles. The fraction of sp³-hybridized carbons (Fsp3) is 0.391. The summed E-state index contributed by atoms with van der Waals surface area (Å²) in [7, 11) is 0. The minimum Gasteiger partial charge on any atom is -0.356 e. The first kappa shape index (κ1) is 19.2. The third-order valence-electron chi connectivity index (χ3n) is 5.29. The summed E-state index contributed by atoms with van der Waals surface area (Å²) in [5, 5.41) is 3.06. The zero-order valence-corrected chi connectivity index (χ0v) is 16.1. The van der Waals surface area contributed by atoms with E-state index in [2.05, 4.69) is 53.8 Å². The van der Waals surface area contributed by atoms with Gasteiger partial charge in [0, 0.05) is 31.5 Å². The maximum Gasteiger partial charge on any atom is 0.225 e. The fourth-order valence-corrected chi connectivity index (χ4v) is 3.79. The Balaban J connectivity index is 1.60. The number of likely N-dealkylation sites (tertiary alicyclic amines) is 1. The summed E-state index contributed by atoms with van der Waals surface area (Å²) < 4.78 is 0. The highest BCUT2D eigenvalue weighted by Gasteiger charge is 2.35. The number of benzene rings is 2. The molecule has 4 heteroatoms. The Morgan fingerprint density at radius 1 is 1.04 bits per heavy atom. The lowest BCUT2D eigenvalue weighted by atomic mass is 9.88. The van der Waals surface area contributed by atoms with E-state index in [1.54, 1.807) is 4.90 Å². The second-order valence-electron chi connectivity index (χ2n) is 7.49. The summed E-state index contributed by atoms with van der Waals surface area (Å²) in [5.41, 5.74) is 2.50. The number of rotatable bonds is 7. The molecule has 0 bridgehead atoms. The maximum absolute atomic E-state index is 12.5. The van der Waals surface area contributed by atoms with Gasteiger partial charge in [-0.3, -0.25) is 9.59 Å². The van der Waals surface area contributed by atoms with Crippen LogP contribution in [-0.2, 0) is 9.59 Å². The van der Waals surface area contributed by atoms with Gasteiger partial charge in [-0.2, -0.15) is 0 Å². The van der Waals surface area contributed by atoms with E-state index in [1.165, 1.54) is 11.1 Å². The number of carbonyl (C=O) groups is 2. The Hall–Kier alpha value is -2.62. The van der Waals surface area contributed by atoms with E-state index in [0.29, 0.717) is 19.5 Å². The molecule has 2 amide bonds. The van der Waals surface area contributed by atoms with Crippen molar-refractivity contribution in [3.05, 3.63) is 71.8 Å². The fourth-order valence-electron chi connectivity index (χ4n) is 3.79. The monoisotopic (exact) mass is 364 g/mol. The van der Waals surface area contributed by atoms with Gasteiger partial charge in [0.15, 0.2) is 0 Å². The van der Waals surface area contributed by atoms with Gasteiger partial charge < -0.3 is 10.2 Å². The summed E-state index contributed by atoms with van der Waals surface area (Å²) in [6.07, 6.45) is 1.15. The maximum atomic E-state index is 12.5. The first-order valence-electron chi connectivity index (χ1n) is 9.73. The van der Waals surface area contributed by atoms with Crippen LogP contribution >= 0.6 is 0 Å². The van der Waals surface area contributed by atoms with Crippen molar-refractivity contribution >= 4 is 11.8 Å². The summed E-state index contributed by atoms with van der Waals surface area (Å²) in [4.78, 5) is 26.3. The van der Waals surface area contributed by atoms with Crippen LogP contribution < -0.4 is 5.32 Å². The molecule has 1 N–H and O–H groups in total. The number of carbonyl (C=O) groups excluding carboxylic acids is 2. The molecule has 3 rings (SSSR count). The third-order valence-corrected chi connectivity index (χ3v) is 5.29. The van der Waals surface area contributed by atoms with E-state index in [-0.39, 0.29) is 29.7 Å². The summed E-state index contributed by atoms with van der Waals surface area (Å²) in [5.74, 6) is 0.0832. The molecule has 0 spiro atoms. The number of amides is 2. The van der Waals surface area contributed by atoms with Crippen LogP contribution in [0, 0.1) is 5.92 Å². The van der Waals surface area contributed by atoms with Gasteiger partial charge in [0.25, 0.3) is 0 Å². The van der Waals surface area contributed by atoms with Crippen molar-refractivity contribution in [2.24, 2.45) is 5.92 Å². The van der Waals surface area contributed by atoms with Crippen LogP contribution in [0.4, 0.5) is 0 Å². The lowest BCUT2D eigenvalue weighted by molar-refractivity contribution is -0.129. The van der Waals surface area contributed by atoms with E-state index in [1.807, 2.05) is 26.0 Å². The molecule has 0 aliphatic carbocycles. The van der Waals surface area contributed by atoms with Crippen LogP contribution in [0.3, 0.4) is 0 Å². The Morgan fingerprint density at radius 2 is 1.59 bits per heavy atom. The highest BCUT2D eigenvalue weighted by Crippen LogP contribution is 2.27. The molecule has 1 atom stereocenters. The molecule has 2 aromatic carbocycles. The van der Waals surface area contributed by atoms with Gasteiger partial charge in [0.2, 0.25) is 11.8 Å². The summed E-state index contributed by atoms with van der Waals surface area (Å²) in [6.45, 7) is 5.10. The molecule has 1 aliphatic heterocycles. The molecule has 1 saturated heterocycles. The number of hydrogen-bond acceptors (Lipinski definition) is 2. The van der Waals surface area contributed by atoms with Crippen molar-refractivity contribution in [3.8, 4) is 0 Å². The van der Waals surface area contributed by atoms with Crippen LogP contribution in [0.15, 0.2) is 60.7 Å². The molecule has 0 saturated carbocycles. The lowest BCUT2D eigenvalue weighted by Gasteiger charge is -2.21. The van der Waals surface area contributed by atoms with Gasteiger partial charge in [-0.25, -0.2) is 0 Å². The average Bonchev–Trinajstić information content (AvgIpc) is 3.08. The topological polar surface area (TPSA) is 49.4 Å². The second-order valence-corrected chi connectivity index (χ2v) is 7.49. The molecule has 27 heavy (non-hydrogen) atoms. The SMILES string of the molecule is CC(C)N1CC(C(=O)NCCC(c2ccccc2)c2ccccc2)CC1=O. The molecule has 1 aliphatic rings. The van der Waals surface area contributed by atoms with E-state index in [0.717, 1.165) is 6.42 Å². The van der Waals surface area contributed by atoms with E-state index in [9.17, 15) is 9.59 Å². The van der Waals surface area contributed by atoms with Gasteiger partial charge in [-0.1, -0.05) is 60.7 Å². The quantitative estimate of drug-likeness (QED) is 0.816. The predicted octanol–water partition coefficient (Wildman–Crippen LogP) is 3.58. The van der Waals surface area contributed by atoms with Crippen LogP contribution in [0.1, 0.15) is 43.7 Å². The van der Waals surface area contributed by atoms with Crippen molar-refractivity contribution in [1.82, 2.24) is 10.2 Å². The van der Waals surface area contributed by atoms with Gasteiger partial charge >= 0.3 is 0 Å². The molecule has 0 radical (unpaired) electrons. The van der Waals surface area contributed by atoms with Gasteiger partial charge in [-0.15, -0.1) is 0 Å². The summed E-state index contributed by atoms with van der Waals surface area (Å²) in [6, 6.07) is 20.9. The zero-order valence-electron chi connectivity index (χ0n) is 16.1. The Labute approximate surface area is 161 Å². The van der Waals surface area contributed by atoms with Gasteiger partial charge in [-0.05, 0) is 31.4 Å². The smallest absolute Gasteiger partial charge is 0.225 e. The van der Waals surface area contributed by atoms with Gasteiger partial charge in [0.1, 0.15) is 0 Å². The van der Waals surface area contributed by atoms with Crippen molar-refractivity contribution in [1.29, 1.82) is 0 Å². The van der Waals surface area contributed by atoms with Crippen LogP contribution in [0.2, 0.25) is 0 Å². The largest absolute Gasteiger partial charge is 0.356 e. The summed E-state index contributed by atoms with van der Waals surface area (Å²) >= 11 is 0. The van der Waals surface area contributed by atoms with E-state index in [4.69, 9.17) is 0 Å². The molecule has 142 valence electrons. The minimum absolute atomic E-state index is 0.00799. The van der Waals surface area contributed by atoms with Crippen molar-refractivity contribution in [3.63, 3.8) is 0 Å². The van der Waals surface area contributed by atoms with Crippen LogP contribution in [0.25, 0.3) is 0 Å². The molecule has 2 aromatic rings. The number of nitrogens with zero attached hydrogens (tertiary/aromatic N) is 1. The molecule has 1 fully saturated rings. The van der Waals surface area contributed by atoms with Crippen LogP contribution in [0.5, 0.6) is 0 Å². The minimum atomic E-state index is -0.230. The Morgan fingerprint density at radius 3 is 2.07 bits per heavy atom. The van der Waals surface area contributed by atoms with Gasteiger partial charge in [0.05, 0.1) is 5.92 Å². The molecule has 4 nitrogen and oxygen atoms in total. The number of hydrogen-bond donors (Lipinski definition) is 1. The Bertz CT molecular complexity index is 719. The number of nitrogens with one attached hydrogen (secondary N) is 1. The first-order valence-corrected chi connectivity index (χ1v) is 9.73. The first-order chi connectivity index (χ1) is 13.1. The standard InChI is InChI=1S/C23H28N2O2/c1-17(2)25-16-20(15-22(25)26)23(27)24-14-13-21(18-9-5-3-6-10-18)19-11-7-4-8-12-19/h3-12,17,20-21H,13-16H2,1-2H3,(H,24,27). The third kappa shape index (κ3) is 4.76. The van der Waals surface area contributed by atoms with E-state index < -0.39 is 0 Å². The second kappa shape index (κ2) is 8.85. The highest BCUT2D eigenvalue weighted by atomic mass is 16.2. The zero-order chi connectivity index (χ0) is 19.2. The molecule has 0 aromatic heterocycles. The Kier molecular flexibility index (Phi) is 6.28. The highest BCUT2D eigenvalue weighted by molar-refractivity contribution is 5.89. The average molecular weight is 364 g/mol. The molecule has 1 unspecified atom stereocenters. The normalized spacial score (nSPS) is 17.0. The lowest BCUT2D eigenvalue weighted by Crippen LogP contribution is -2.36. The van der Waals surface area contributed by atoms with Crippen LogP contribution in [-0.4, -0.2) is 35.8 Å². The van der Waals surface area contributed by atoms with E-state index >= 15 is 0 Å². The van der Waals surface area contributed by atoms with Crippen molar-refractivity contribution < 1.29 is 9.59 Å². The predicted molar refractivity (Wildman–Crippen MR) is 107 cm³/mol. The van der Waals surface area contributed by atoms with Crippen molar-refractivity contribution in [2.75, 3.05) is 13.1 Å². The molecular weight excluding hydrogens is 336 g/mol.